The molecule has 2 amide bonds. The van der Waals surface area contributed by atoms with Crippen LogP contribution in [0.5, 0.6) is 0 Å². The van der Waals surface area contributed by atoms with E-state index in [4.69, 9.17) is 16.3 Å². The molecule has 2 heterocycles. The number of amides is 2. The van der Waals surface area contributed by atoms with Gasteiger partial charge in [0, 0.05) is 36.5 Å². The predicted molar refractivity (Wildman–Crippen MR) is 128 cm³/mol. The number of morpholine rings is 1. The summed E-state index contributed by atoms with van der Waals surface area (Å²) in [4.78, 5) is 41.4. The van der Waals surface area contributed by atoms with Crippen molar-refractivity contribution in [3.63, 3.8) is 0 Å². The average Bonchev–Trinajstić information content (AvgIpc) is 3.22. The highest BCUT2D eigenvalue weighted by atomic mass is 35.5. The number of carbonyl (C=O) groups is 3. The maximum atomic E-state index is 13.3. The second kappa shape index (κ2) is 11.4. The molecule has 0 radical (unpaired) electrons. The van der Waals surface area contributed by atoms with Crippen LogP contribution in [0.3, 0.4) is 0 Å². The van der Waals surface area contributed by atoms with Crippen LogP contribution in [0.1, 0.15) is 32.3 Å². The zero-order valence-corrected chi connectivity index (χ0v) is 20.9. The number of hydrogen-bond acceptors (Lipinski definition) is 6. The van der Waals surface area contributed by atoms with Gasteiger partial charge in [-0.3, -0.25) is 14.4 Å². The summed E-state index contributed by atoms with van der Waals surface area (Å²) in [6.07, 6.45) is 1.74. The fourth-order valence-corrected chi connectivity index (χ4v) is 5.48. The SMILES string of the molecule is CCC(=O)CN([C@H]1CCN([C@@H](C)C(=O)N2CCOCC2)C1=O)S(=O)(=O)/C=C/c1ccc(Cl)cc1. The summed E-state index contributed by atoms with van der Waals surface area (Å²) in [5.41, 5.74) is 0.610. The summed E-state index contributed by atoms with van der Waals surface area (Å²) >= 11 is 5.88. The van der Waals surface area contributed by atoms with E-state index < -0.39 is 34.6 Å². The van der Waals surface area contributed by atoms with Crippen LogP contribution < -0.4 is 0 Å². The first-order valence-corrected chi connectivity index (χ1v) is 13.2. The molecule has 2 fully saturated rings. The summed E-state index contributed by atoms with van der Waals surface area (Å²) in [6, 6.07) is 4.82. The van der Waals surface area contributed by atoms with Crippen LogP contribution in [-0.2, 0) is 29.1 Å². The van der Waals surface area contributed by atoms with E-state index in [0.29, 0.717) is 36.9 Å². The number of benzene rings is 1. The van der Waals surface area contributed by atoms with Crippen molar-refractivity contribution in [2.24, 2.45) is 0 Å². The summed E-state index contributed by atoms with van der Waals surface area (Å²) in [5, 5.41) is 1.52. The molecule has 34 heavy (non-hydrogen) atoms. The van der Waals surface area contributed by atoms with Gasteiger partial charge in [0.2, 0.25) is 21.8 Å². The molecule has 1 aromatic rings. The van der Waals surface area contributed by atoms with Crippen molar-refractivity contribution in [3.8, 4) is 0 Å². The molecule has 2 saturated heterocycles. The molecule has 2 atom stereocenters. The minimum absolute atomic E-state index is 0.142. The van der Waals surface area contributed by atoms with E-state index in [0.717, 1.165) is 9.71 Å². The molecule has 0 bridgehead atoms. The Balaban J connectivity index is 1.80. The maximum Gasteiger partial charge on any atom is 0.245 e. The Morgan fingerprint density at radius 2 is 1.85 bits per heavy atom. The van der Waals surface area contributed by atoms with Gasteiger partial charge in [0.05, 0.1) is 19.8 Å². The number of likely N-dealkylation sites (tertiary alicyclic amines) is 1. The number of ether oxygens (including phenoxy) is 1. The highest BCUT2D eigenvalue weighted by Gasteiger charge is 2.44. The van der Waals surface area contributed by atoms with E-state index in [1.54, 1.807) is 43.0 Å². The number of halogens is 1. The number of hydrogen-bond donors (Lipinski definition) is 0. The molecule has 3 rings (SSSR count). The summed E-state index contributed by atoms with van der Waals surface area (Å²) in [6.45, 7) is 4.91. The van der Waals surface area contributed by atoms with Crippen molar-refractivity contribution in [1.82, 2.24) is 14.1 Å². The van der Waals surface area contributed by atoms with Crippen LogP contribution >= 0.6 is 11.6 Å². The third-order valence-corrected chi connectivity index (χ3v) is 7.83. The first kappa shape index (κ1) is 26.3. The molecule has 0 saturated carbocycles. The molecule has 2 aliphatic heterocycles. The van der Waals surface area contributed by atoms with Crippen LogP contribution in [0.4, 0.5) is 0 Å². The molecule has 9 nitrogen and oxygen atoms in total. The highest BCUT2D eigenvalue weighted by Crippen LogP contribution is 2.24. The first-order valence-electron chi connectivity index (χ1n) is 11.3. The Kier molecular flexibility index (Phi) is 8.86. The fraction of sp³-hybridized carbons (Fsp3) is 0.522. The fourth-order valence-electron chi connectivity index (χ4n) is 4.00. The summed E-state index contributed by atoms with van der Waals surface area (Å²) in [7, 11) is -4.10. The lowest BCUT2D eigenvalue weighted by Crippen LogP contribution is -2.53. The van der Waals surface area contributed by atoms with Gasteiger partial charge in [0.15, 0.2) is 0 Å². The van der Waals surface area contributed by atoms with Crippen molar-refractivity contribution in [1.29, 1.82) is 0 Å². The van der Waals surface area contributed by atoms with Gasteiger partial charge >= 0.3 is 0 Å². The van der Waals surface area contributed by atoms with E-state index in [9.17, 15) is 22.8 Å². The van der Waals surface area contributed by atoms with Gasteiger partial charge in [0.1, 0.15) is 17.9 Å². The molecular weight excluding hydrogens is 482 g/mol. The number of ketones is 1. The molecular formula is C23H30ClN3O6S. The third kappa shape index (κ3) is 6.24. The second-order valence-electron chi connectivity index (χ2n) is 8.29. The Labute approximate surface area is 205 Å². The topological polar surface area (TPSA) is 104 Å². The van der Waals surface area contributed by atoms with Gasteiger partial charge in [-0.1, -0.05) is 30.7 Å². The molecule has 0 spiro atoms. The van der Waals surface area contributed by atoms with Crippen molar-refractivity contribution < 1.29 is 27.5 Å². The molecule has 11 heteroatoms. The molecule has 1 aromatic carbocycles. The normalized spacial score (nSPS) is 20.4. The first-order chi connectivity index (χ1) is 16.1. The number of carbonyl (C=O) groups excluding carboxylic acids is 3. The van der Waals surface area contributed by atoms with Gasteiger partial charge in [-0.2, -0.15) is 4.31 Å². The Hall–Kier alpha value is -2.27. The summed E-state index contributed by atoms with van der Waals surface area (Å²) in [5.74, 6) is -0.965. The number of rotatable bonds is 9. The van der Waals surface area contributed by atoms with E-state index in [2.05, 4.69) is 0 Å². The van der Waals surface area contributed by atoms with Crippen LogP contribution in [0.2, 0.25) is 5.02 Å². The van der Waals surface area contributed by atoms with Crippen LogP contribution in [-0.4, -0.2) is 91.6 Å². The van der Waals surface area contributed by atoms with Crippen molar-refractivity contribution in [2.45, 2.75) is 38.8 Å². The predicted octanol–water partition coefficient (Wildman–Crippen LogP) is 1.77. The zero-order valence-electron chi connectivity index (χ0n) is 19.4. The Morgan fingerprint density at radius 1 is 1.21 bits per heavy atom. The van der Waals surface area contributed by atoms with Crippen molar-refractivity contribution >= 4 is 45.3 Å². The molecule has 2 aliphatic rings. The number of nitrogens with zero attached hydrogens (tertiary/aromatic N) is 3. The summed E-state index contributed by atoms with van der Waals surface area (Å²) < 4.78 is 32.7. The highest BCUT2D eigenvalue weighted by molar-refractivity contribution is 7.92. The van der Waals surface area contributed by atoms with E-state index >= 15 is 0 Å². The Morgan fingerprint density at radius 3 is 2.47 bits per heavy atom. The number of sulfonamides is 1. The standard InChI is InChI=1S/C23H30ClN3O6S/c1-3-20(28)16-27(34(31,32)15-9-18-4-6-19(24)7-5-18)21-8-10-26(23(21)30)17(2)22(29)25-11-13-33-14-12-25/h4-7,9,15,17,21H,3,8,10-14,16H2,1-2H3/b15-9+/t17-,21-/m0/s1. The molecule has 0 unspecified atom stereocenters. The monoisotopic (exact) mass is 511 g/mol. The zero-order chi connectivity index (χ0) is 24.9. The van der Waals surface area contributed by atoms with Crippen LogP contribution in [0.25, 0.3) is 6.08 Å². The van der Waals surface area contributed by atoms with Crippen molar-refractivity contribution in [3.05, 3.63) is 40.3 Å². The van der Waals surface area contributed by atoms with E-state index in [1.807, 2.05) is 0 Å². The Bertz CT molecular complexity index is 1040. The largest absolute Gasteiger partial charge is 0.378 e. The lowest BCUT2D eigenvalue weighted by Gasteiger charge is -2.33. The van der Waals surface area contributed by atoms with E-state index in [-0.39, 0.29) is 31.1 Å². The van der Waals surface area contributed by atoms with Gasteiger partial charge in [-0.05, 0) is 37.1 Å². The lowest BCUT2D eigenvalue weighted by molar-refractivity contribution is -0.146. The number of Topliss-reactive ketones (excluding diaryl/α,β-unsaturated/α-hetero) is 1. The maximum absolute atomic E-state index is 13.3. The van der Waals surface area contributed by atoms with Crippen LogP contribution in [0, 0.1) is 0 Å². The quantitative estimate of drug-likeness (QED) is 0.500. The van der Waals surface area contributed by atoms with Gasteiger partial charge in [-0.15, -0.1) is 0 Å². The molecule has 186 valence electrons. The van der Waals surface area contributed by atoms with Gasteiger partial charge in [-0.25, -0.2) is 8.42 Å². The van der Waals surface area contributed by atoms with E-state index in [1.165, 1.54) is 11.0 Å². The smallest absolute Gasteiger partial charge is 0.245 e. The second-order valence-corrected chi connectivity index (χ2v) is 10.5. The molecule has 0 N–H and O–H groups in total. The van der Waals surface area contributed by atoms with Crippen molar-refractivity contribution in [2.75, 3.05) is 39.4 Å². The van der Waals surface area contributed by atoms with Gasteiger partial charge < -0.3 is 14.5 Å². The van der Waals surface area contributed by atoms with Gasteiger partial charge in [0.25, 0.3) is 0 Å². The van der Waals surface area contributed by atoms with Crippen LogP contribution in [0.15, 0.2) is 29.7 Å². The average molecular weight is 512 g/mol. The minimum Gasteiger partial charge on any atom is -0.378 e. The molecule has 0 aromatic heterocycles. The third-order valence-electron chi connectivity index (χ3n) is 6.06. The minimum atomic E-state index is -4.10. The lowest BCUT2D eigenvalue weighted by atomic mass is 10.2. The molecule has 0 aliphatic carbocycles.